The molecule has 0 bridgehead atoms. The molecule has 8 heteroatoms. The number of carboxylic acid groups (broad SMARTS) is 1. The van der Waals surface area contributed by atoms with E-state index in [-0.39, 0.29) is 19.6 Å². The van der Waals surface area contributed by atoms with E-state index in [1.807, 2.05) is 21.1 Å². The van der Waals surface area contributed by atoms with Crippen LogP contribution in [0, 0.1) is 0 Å². The highest BCUT2D eigenvalue weighted by molar-refractivity contribution is 7.51. The van der Waals surface area contributed by atoms with Crippen LogP contribution in [0.5, 0.6) is 0 Å². The molecule has 0 amide bonds. The molecular formula is C13H22NO6P. The number of carboxylic acids is 1. The molecule has 1 unspecified atom stereocenters. The summed E-state index contributed by atoms with van der Waals surface area (Å²) >= 11 is 0. The van der Waals surface area contributed by atoms with Crippen molar-refractivity contribution in [2.24, 2.45) is 0 Å². The molecule has 0 aromatic carbocycles. The fraction of sp³-hybridized carbons (Fsp3) is 0.615. The Balaban J connectivity index is 4.60. The first-order valence-electron chi connectivity index (χ1n) is 6.42. The fourth-order valence-corrected chi connectivity index (χ4v) is 2.94. The molecule has 7 nitrogen and oxygen atoms in total. The average Bonchev–Trinajstić information content (AvgIpc) is 2.37. The smallest absolute Gasteiger partial charge is 0.331 e. The van der Waals surface area contributed by atoms with Crippen LogP contribution in [-0.2, 0) is 14.3 Å². The molecule has 0 rings (SSSR count). The molecule has 1 N–H and O–H groups in total. The van der Waals surface area contributed by atoms with Gasteiger partial charge in [-0.25, -0.2) is 4.79 Å². The van der Waals surface area contributed by atoms with Gasteiger partial charge in [-0.2, -0.15) is 0 Å². The zero-order valence-corrected chi connectivity index (χ0v) is 13.5. The summed E-state index contributed by atoms with van der Waals surface area (Å²) in [4.78, 5) is 33.5. The Bertz CT molecular complexity index is 425. The van der Waals surface area contributed by atoms with E-state index >= 15 is 0 Å². The van der Waals surface area contributed by atoms with Crippen molar-refractivity contribution in [2.75, 3.05) is 47.1 Å². The molecule has 0 spiro atoms. The third-order valence-corrected chi connectivity index (χ3v) is 4.13. The van der Waals surface area contributed by atoms with Crippen molar-refractivity contribution < 1.29 is 33.9 Å². The summed E-state index contributed by atoms with van der Waals surface area (Å²) in [5, 5.41) is 19.6. The minimum Gasteiger partial charge on any atom is -0.630 e. The highest BCUT2D eigenvalue weighted by atomic mass is 31.1. The first kappa shape index (κ1) is 19.7. The van der Waals surface area contributed by atoms with Crippen LogP contribution in [-0.4, -0.2) is 73.9 Å². The van der Waals surface area contributed by atoms with Crippen molar-refractivity contribution in [2.45, 2.75) is 6.42 Å². The van der Waals surface area contributed by atoms with Gasteiger partial charge in [0.25, 0.3) is 0 Å². The Hall–Kier alpha value is -1.27. The van der Waals surface area contributed by atoms with Crippen LogP contribution in [0.15, 0.2) is 12.2 Å². The highest BCUT2D eigenvalue weighted by Gasteiger charge is 2.16. The Morgan fingerprint density at radius 2 is 1.90 bits per heavy atom. The number of rotatable bonds is 9. The summed E-state index contributed by atoms with van der Waals surface area (Å²) in [6, 6.07) is 0. The van der Waals surface area contributed by atoms with Crippen LogP contribution >= 0.6 is 7.77 Å². The summed E-state index contributed by atoms with van der Waals surface area (Å²) in [6.07, 6.45) is 1.90. The maximum absolute atomic E-state index is 12.1. The zero-order chi connectivity index (χ0) is 16.5. The minimum absolute atomic E-state index is 0.184. The van der Waals surface area contributed by atoms with Gasteiger partial charge < -0.3 is 29.1 Å². The Morgan fingerprint density at radius 3 is 2.38 bits per heavy atom. The number of ether oxygens (including phenoxy) is 1. The molecule has 21 heavy (non-hydrogen) atoms. The zero-order valence-electron chi connectivity index (χ0n) is 12.6. The van der Waals surface area contributed by atoms with Crippen molar-refractivity contribution >= 4 is 25.0 Å². The molecule has 0 aromatic rings. The molecule has 1 atom stereocenters. The van der Waals surface area contributed by atoms with Crippen LogP contribution in [0.3, 0.4) is 0 Å². The average molecular weight is 319 g/mol. The van der Waals surface area contributed by atoms with E-state index in [1.54, 1.807) is 0 Å². The van der Waals surface area contributed by atoms with Crippen molar-refractivity contribution in [3.05, 3.63) is 12.2 Å². The van der Waals surface area contributed by atoms with Gasteiger partial charge in [0.15, 0.2) is 12.8 Å². The largest absolute Gasteiger partial charge is 0.630 e. The number of carbonyl (C=O) groups excluding carboxylic acids is 2. The molecule has 0 aliphatic carbocycles. The van der Waals surface area contributed by atoms with Gasteiger partial charge in [-0.05, 0) is 6.08 Å². The second-order valence-corrected chi connectivity index (χ2v) is 7.25. The molecule has 0 aliphatic rings. The normalized spacial score (nSPS) is 13.2. The number of carbonyl (C=O) groups is 2. The fourth-order valence-electron chi connectivity index (χ4n) is 1.29. The van der Waals surface area contributed by atoms with Crippen LogP contribution < -0.4 is 10.00 Å². The Morgan fingerprint density at radius 1 is 1.29 bits per heavy atom. The maximum Gasteiger partial charge on any atom is 0.331 e. The number of aliphatic carboxylic acids is 1. The first-order chi connectivity index (χ1) is 9.65. The highest BCUT2D eigenvalue weighted by Crippen LogP contribution is 2.17. The van der Waals surface area contributed by atoms with E-state index in [2.05, 4.69) is 0 Å². The van der Waals surface area contributed by atoms with Gasteiger partial charge in [0, 0.05) is 12.5 Å². The predicted molar refractivity (Wildman–Crippen MR) is 76.5 cm³/mol. The van der Waals surface area contributed by atoms with Gasteiger partial charge in [0.2, 0.25) is 0 Å². The number of hydrogen-bond acceptors (Lipinski definition) is 6. The van der Waals surface area contributed by atoms with Crippen molar-refractivity contribution in [1.82, 2.24) is 0 Å². The van der Waals surface area contributed by atoms with E-state index in [1.165, 1.54) is 0 Å². The lowest BCUT2D eigenvalue weighted by molar-refractivity contribution is -0.867. The van der Waals surface area contributed by atoms with E-state index in [4.69, 9.17) is 9.84 Å². The lowest BCUT2D eigenvalue weighted by Crippen LogP contribution is -2.37. The van der Waals surface area contributed by atoms with Gasteiger partial charge in [-0.1, -0.05) is 0 Å². The number of quaternary nitrogens is 1. The van der Waals surface area contributed by atoms with Crippen LogP contribution in [0.25, 0.3) is 0 Å². The monoisotopic (exact) mass is 319 g/mol. The Labute approximate surface area is 125 Å². The lowest BCUT2D eigenvalue weighted by atomic mass is 10.3. The molecule has 0 aromatic heterocycles. The van der Waals surface area contributed by atoms with Crippen LogP contribution in [0.4, 0.5) is 0 Å². The number of esters is 1. The second kappa shape index (κ2) is 9.63. The summed E-state index contributed by atoms with van der Waals surface area (Å²) < 4.78 is 5.46. The van der Waals surface area contributed by atoms with Crippen LogP contribution in [0.2, 0.25) is 0 Å². The molecule has 120 valence electrons. The van der Waals surface area contributed by atoms with E-state index in [0.29, 0.717) is 28.6 Å². The topological polar surface area (TPSA) is 110 Å². The molecule has 0 aliphatic heterocycles. The standard InChI is InChI=1S/C13H22NO6P/c1-14(2,3)7-9-21(19)11(6-8-15)10-20-13(18)5-4-12(16)17/h4-5,15H,6-10H2,1-3H3/b5-4+. The molecule has 0 radical (unpaired) electrons. The SMILES string of the molecule is C[N+](C)(C)CC/[P+]([O-])=C(/CCO)COC(=O)/C=C/C(=O)[O-]. The summed E-state index contributed by atoms with van der Waals surface area (Å²) in [7, 11) is 4.21. The van der Waals surface area contributed by atoms with Crippen molar-refractivity contribution in [1.29, 1.82) is 0 Å². The predicted octanol–water partition coefficient (Wildman–Crippen LogP) is -2.15. The summed E-state index contributed by atoms with van der Waals surface area (Å²) in [5.74, 6) is -2.36. The number of aliphatic hydroxyl groups is 1. The third-order valence-electron chi connectivity index (χ3n) is 2.46. The van der Waals surface area contributed by atoms with Gasteiger partial charge in [-0.15, -0.1) is 0 Å². The molecule has 0 heterocycles. The van der Waals surface area contributed by atoms with Gasteiger partial charge in [0.1, 0.15) is 11.8 Å². The number of nitrogens with zero attached hydrogens (tertiary/aromatic N) is 1. The lowest BCUT2D eigenvalue weighted by Gasteiger charge is -2.22. The van der Waals surface area contributed by atoms with Crippen molar-refractivity contribution in [3.63, 3.8) is 0 Å². The van der Waals surface area contributed by atoms with Crippen molar-refractivity contribution in [3.8, 4) is 0 Å². The third kappa shape index (κ3) is 11.1. The summed E-state index contributed by atoms with van der Waals surface area (Å²) in [5.41, 5.74) is 0. The maximum atomic E-state index is 12.1. The van der Waals surface area contributed by atoms with Crippen LogP contribution in [0.1, 0.15) is 6.42 Å². The molecule has 0 saturated carbocycles. The van der Waals surface area contributed by atoms with Gasteiger partial charge in [0.05, 0.1) is 41.5 Å². The van der Waals surface area contributed by atoms with Gasteiger partial charge >= 0.3 is 5.97 Å². The molecular weight excluding hydrogens is 297 g/mol. The first-order valence-corrected chi connectivity index (χ1v) is 7.86. The van der Waals surface area contributed by atoms with E-state index in [9.17, 15) is 19.6 Å². The quantitative estimate of drug-likeness (QED) is 0.225. The van der Waals surface area contributed by atoms with E-state index < -0.39 is 19.7 Å². The molecule has 0 fully saturated rings. The minimum atomic E-state index is -1.71. The Kier molecular flexibility index (Phi) is 9.05. The summed E-state index contributed by atoms with van der Waals surface area (Å²) in [6.45, 7) is 0.305. The van der Waals surface area contributed by atoms with Gasteiger partial charge in [-0.3, -0.25) is 0 Å². The molecule has 0 saturated heterocycles. The second-order valence-electron chi connectivity index (χ2n) is 5.42. The number of hydrogen-bond donors (Lipinski definition) is 1. The van der Waals surface area contributed by atoms with E-state index in [0.717, 1.165) is 6.08 Å². The number of aliphatic hydroxyl groups excluding tert-OH is 1.